The molecule has 2 amide bonds. The first-order valence-electron chi connectivity index (χ1n) is 17.2. The number of hydrogen-bond acceptors (Lipinski definition) is 9. The van der Waals surface area contributed by atoms with Crippen molar-refractivity contribution >= 4 is 58.3 Å². The summed E-state index contributed by atoms with van der Waals surface area (Å²) in [6.07, 6.45) is 7.28. The molecule has 1 saturated heterocycles. The highest BCUT2D eigenvalue weighted by atomic mass is 35.5. The normalized spacial score (nSPS) is 20.7. The van der Waals surface area contributed by atoms with Crippen LogP contribution in [0.1, 0.15) is 98.2 Å². The molecule has 0 radical (unpaired) electrons. The van der Waals surface area contributed by atoms with Gasteiger partial charge in [-0.3, -0.25) is 9.59 Å². The Labute approximate surface area is 291 Å². The third-order valence-corrected chi connectivity index (χ3v) is 12.0. The molecule has 10 nitrogen and oxygen atoms in total. The Hall–Kier alpha value is -4.28. The van der Waals surface area contributed by atoms with Crippen LogP contribution in [0.3, 0.4) is 0 Å². The van der Waals surface area contributed by atoms with Crippen LogP contribution in [0.4, 0.5) is 11.4 Å². The number of nitrogens with zero attached hydrogens (tertiary/aromatic N) is 3. The third kappa shape index (κ3) is 3.90. The van der Waals surface area contributed by atoms with Crippen LogP contribution >= 0.6 is 23.2 Å². The average Bonchev–Trinajstić information content (AvgIpc) is 3.59. The first kappa shape index (κ1) is 29.6. The van der Waals surface area contributed by atoms with Crippen LogP contribution in [-0.2, 0) is 50.4 Å². The number of hydroxylamine groups is 2. The van der Waals surface area contributed by atoms with Gasteiger partial charge in [0.05, 0.1) is 21.2 Å². The number of halogens is 2. The maximum absolute atomic E-state index is 14.3. The summed E-state index contributed by atoms with van der Waals surface area (Å²) < 4.78 is 13.8. The van der Waals surface area contributed by atoms with Crippen LogP contribution in [0.15, 0.2) is 18.2 Å². The molecule has 250 valence electrons. The third-order valence-electron chi connectivity index (χ3n) is 11.3. The largest absolute Gasteiger partial charge is 0.456 e. The SMILES string of the molecule is O=C(ON1C(=O)CCC1=O)c1cc(Cl)c2c(c1Cl)C(=O)OC21c2cc3c4c(c2Oc2c1cc1c5c2CCCN5CCC1)CCCN4CCC3. The van der Waals surface area contributed by atoms with Gasteiger partial charge in [0.1, 0.15) is 11.5 Å². The van der Waals surface area contributed by atoms with Crippen molar-refractivity contribution in [1.82, 2.24) is 5.06 Å². The minimum absolute atomic E-state index is 0.0417. The van der Waals surface area contributed by atoms with Gasteiger partial charge in [-0.2, -0.15) is 0 Å². The molecule has 0 aromatic heterocycles. The molecule has 3 aromatic rings. The van der Waals surface area contributed by atoms with E-state index in [1.807, 2.05) is 0 Å². The lowest BCUT2D eigenvalue weighted by Gasteiger charge is -2.45. The number of aryl methyl sites for hydroxylation is 2. The van der Waals surface area contributed by atoms with E-state index in [9.17, 15) is 19.2 Å². The summed E-state index contributed by atoms with van der Waals surface area (Å²) >= 11 is 14.1. The second-order valence-electron chi connectivity index (χ2n) is 14.0. The molecule has 49 heavy (non-hydrogen) atoms. The Morgan fingerprint density at radius 2 is 1.27 bits per heavy atom. The number of amides is 2. The van der Waals surface area contributed by atoms with E-state index in [1.54, 1.807) is 0 Å². The fourth-order valence-corrected chi connectivity index (χ4v) is 10.0. The number of esters is 1. The zero-order valence-electron chi connectivity index (χ0n) is 26.6. The minimum atomic E-state index is -1.49. The number of hydrogen-bond donors (Lipinski definition) is 0. The molecule has 0 saturated carbocycles. The van der Waals surface area contributed by atoms with Crippen molar-refractivity contribution in [3.8, 4) is 11.5 Å². The number of carbonyl (C=O) groups is 4. The van der Waals surface area contributed by atoms with Crippen LogP contribution in [0.5, 0.6) is 11.5 Å². The highest BCUT2D eigenvalue weighted by Gasteiger charge is 2.58. The van der Waals surface area contributed by atoms with Gasteiger partial charge in [0.15, 0.2) is 5.60 Å². The van der Waals surface area contributed by atoms with Gasteiger partial charge in [0.25, 0.3) is 11.8 Å². The van der Waals surface area contributed by atoms with Gasteiger partial charge in [-0.15, -0.1) is 5.06 Å². The Kier molecular flexibility index (Phi) is 6.27. The molecule has 0 atom stereocenters. The van der Waals surface area contributed by atoms with E-state index in [4.69, 9.17) is 37.5 Å². The van der Waals surface area contributed by atoms with Gasteiger partial charge in [0.2, 0.25) is 0 Å². The molecule has 0 aliphatic carbocycles. The Morgan fingerprint density at radius 1 is 0.735 bits per heavy atom. The maximum atomic E-state index is 14.3. The van der Waals surface area contributed by atoms with Crippen LogP contribution in [-0.4, -0.2) is 55.0 Å². The number of anilines is 2. The lowest BCUT2D eigenvalue weighted by atomic mass is 9.72. The average molecular weight is 701 g/mol. The van der Waals surface area contributed by atoms with Crippen molar-refractivity contribution < 1.29 is 33.5 Å². The summed E-state index contributed by atoms with van der Waals surface area (Å²) in [5, 5.41) is 0.313. The summed E-state index contributed by atoms with van der Waals surface area (Å²) in [4.78, 5) is 62.2. The minimum Gasteiger partial charge on any atom is -0.456 e. The molecule has 12 heteroatoms. The van der Waals surface area contributed by atoms with Crippen molar-refractivity contribution in [2.75, 3.05) is 36.0 Å². The summed E-state index contributed by atoms with van der Waals surface area (Å²) in [5.41, 5.74) is 7.05. The summed E-state index contributed by atoms with van der Waals surface area (Å²) in [5.74, 6) is -1.67. The van der Waals surface area contributed by atoms with Gasteiger partial charge >= 0.3 is 11.9 Å². The van der Waals surface area contributed by atoms with Crippen LogP contribution < -0.4 is 14.5 Å². The molecule has 7 aliphatic rings. The molecule has 7 heterocycles. The van der Waals surface area contributed by atoms with Gasteiger partial charge in [-0.05, 0) is 80.7 Å². The fraction of sp³-hybridized carbons (Fsp3) is 0.405. The second-order valence-corrected chi connectivity index (χ2v) is 14.8. The first-order valence-corrected chi connectivity index (χ1v) is 17.9. The highest BCUT2D eigenvalue weighted by Crippen LogP contribution is 2.63. The molecule has 10 rings (SSSR count). The smallest absolute Gasteiger partial charge is 0.365 e. The molecule has 7 aliphatic heterocycles. The Balaban J connectivity index is 1.24. The Morgan fingerprint density at radius 3 is 1.82 bits per heavy atom. The van der Waals surface area contributed by atoms with E-state index >= 15 is 0 Å². The van der Waals surface area contributed by atoms with Crippen LogP contribution in [0.2, 0.25) is 10.0 Å². The molecule has 1 fully saturated rings. The molecule has 1 spiro atoms. The van der Waals surface area contributed by atoms with E-state index < -0.39 is 29.4 Å². The van der Waals surface area contributed by atoms with E-state index in [1.165, 1.54) is 28.6 Å². The van der Waals surface area contributed by atoms with Gasteiger partial charge in [0, 0.05) is 78.2 Å². The maximum Gasteiger partial charge on any atom is 0.365 e. The predicted molar refractivity (Wildman–Crippen MR) is 179 cm³/mol. The lowest BCUT2D eigenvalue weighted by Crippen LogP contribution is -2.40. The van der Waals surface area contributed by atoms with Gasteiger partial charge < -0.3 is 24.1 Å². The monoisotopic (exact) mass is 699 g/mol. The van der Waals surface area contributed by atoms with Crippen molar-refractivity contribution in [2.24, 2.45) is 0 Å². The quantitative estimate of drug-likeness (QED) is 0.229. The van der Waals surface area contributed by atoms with Crippen molar-refractivity contribution in [3.05, 3.63) is 78.3 Å². The van der Waals surface area contributed by atoms with E-state index in [2.05, 4.69) is 21.9 Å². The number of ether oxygens (including phenoxy) is 2. The predicted octanol–water partition coefficient (Wildman–Crippen LogP) is 6.18. The second kappa shape index (κ2) is 10.4. The topological polar surface area (TPSA) is 106 Å². The standard InChI is InChI=1S/C37H31Cl2N3O7/c38-25-17-22(35(45)49-42-26(43)9-10-27(42)44)30(39)28-29(25)37(48-36(28)46)23-15-18-5-1-11-40-13-3-7-20(31(18)40)33(23)47-34-21-8-4-14-41-12-2-6-19(32(21)41)16-24(34)37/h15-17H,1-14H2. The number of fused-ring (bicyclic) bond motifs is 8. The van der Waals surface area contributed by atoms with Crippen LogP contribution in [0, 0.1) is 0 Å². The summed E-state index contributed by atoms with van der Waals surface area (Å²) in [7, 11) is 0. The van der Waals surface area contributed by atoms with E-state index in [0.717, 1.165) is 88.7 Å². The first-order chi connectivity index (χ1) is 23.8. The zero-order chi connectivity index (χ0) is 33.3. The molecule has 0 bridgehead atoms. The van der Waals surface area contributed by atoms with Crippen molar-refractivity contribution in [2.45, 2.75) is 69.8 Å². The highest BCUT2D eigenvalue weighted by molar-refractivity contribution is 6.39. The van der Waals surface area contributed by atoms with Crippen molar-refractivity contribution in [3.63, 3.8) is 0 Å². The zero-order valence-corrected chi connectivity index (χ0v) is 28.1. The molecule has 0 N–H and O–H groups in total. The van der Waals surface area contributed by atoms with E-state index in [-0.39, 0.29) is 34.0 Å². The van der Waals surface area contributed by atoms with Gasteiger partial charge in [-0.25, -0.2) is 9.59 Å². The number of carbonyl (C=O) groups excluding carboxylic acids is 4. The number of imide groups is 1. The molecule has 0 unspecified atom stereocenters. The van der Waals surface area contributed by atoms with E-state index in [0.29, 0.717) is 33.3 Å². The summed E-state index contributed by atoms with van der Waals surface area (Å²) in [6, 6.07) is 5.61. The molecule has 3 aromatic carbocycles. The fourth-order valence-electron chi connectivity index (χ4n) is 9.39. The molecular weight excluding hydrogens is 669 g/mol. The lowest BCUT2D eigenvalue weighted by molar-refractivity contribution is -0.172. The van der Waals surface area contributed by atoms with Gasteiger partial charge in [-0.1, -0.05) is 23.2 Å². The van der Waals surface area contributed by atoms with Crippen molar-refractivity contribution in [1.29, 1.82) is 0 Å². The summed E-state index contributed by atoms with van der Waals surface area (Å²) in [6.45, 7) is 3.95. The molecular formula is C37H31Cl2N3O7. The Bertz CT molecular complexity index is 2010. The van der Waals surface area contributed by atoms with Crippen LogP contribution in [0.25, 0.3) is 0 Å². The number of rotatable bonds is 2. The number of benzene rings is 3.